The summed E-state index contributed by atoms with van der Waals surface area (Å²) in [6, 6.07) is 5.71. The summed E-state index contributed by atoms with van der Waals surface area (Å²) in [6.07, 6.45) is 1.20. The number of nitrogens with zero attached hydrogens (tertiary/aromatic N) is 1. The molecule has 1 aromatic rings. The van der Waals surface area contributed by atoms with Crippen LogP contribution in [0.2, 0.25) is 5.02 Å². The average molecular weight is 348 g/mol. The van der Waals surface area contributed by atoms with E-state index in [9.17, 15) is 0 Å². The molecule has 0 aliphatic carbocycles. The summed E-state index contributed by atoms with van der Waals surface area (Å²) in [7, 11) is 0. The summed E-state index contributed by atoms with van der Waals surface area (Å²) in [4.78, 5) is 4.54. The lowest BCUT2D eigenvalue weighted by molar-refractivity contribution is 0.575. The van der Waals surface area contributed by atoms with Gasteiger partial charge in [0.25, 0.3) is 0 Å². The monoisotopic (exact) mass is 346 g/mol. The summed E-state index contributed by atoms with van der Waals surface area (Å²) < 4.78 is 1.00. The molecule has 1 aliphatic heterocycles. The standard InChI is InChI=1S/C13H16BrClN2S/c1-8(2)5-10-7-16-13(18-10)17-12-6-9(15)3-4-11(12)14/h3-4,6,8,10H,5,7H2,1-2H3,(H,16,17). The van der Waals surface area contributed by atoms with Crippen molar-refractivity contribution >= 4 is 50.1 Å². The van der Waals surface area contributed by atoms with Crippen molar-refractivity contribution in [3.63, 3.8) is 0 Å². The predicted octanol–water partition coefficient (Wildman–Crippen LogP) is 5.03. The summed E-state index contributed by atoms with van der Waals surface area (Å²) in [5, 5.41) is 5.65. The van der Waals surface area contributed by atoms with Crippen LogP contribution >= 0.6 is 39.3 Å². The maximum absolute atomic E-state index is 5.99. The number of halogens is 2. The van der Waals surface area contributed by atoms with E-state index < -0.39 is 0 Å². The number of hydrogen-bond donors (Lipinski definition) is 1. The molecule has 5 heteroatoms. The molecular weight excluding hydrogens is 332 g/mol. The van der Waals surface area contributed by atoms with Gasteiger partial charge in [-0.3, -0.25) is 4.99 Å². The molecule has 0 radical (unpaired) electrons. The minimum Gasteiger partial charge on any atom is -0.334 e. The highest BCUT2D eigenvalue weighted by Crippen LogP contribution is 2.31. The molecule has 2 rings (SSSR count). The molecule has 18 heavy (non-hydrogen) atoms. The van der Waals surface area contributed by atoms with Gasteiger partial charge in [-0.1, -0.05) is 37.2 Å². The van der Waals surface area contributed by atoms with E-state index in [-0.39, 0.29) is 0 Å². The fourth-order valence-electron chi connectivity index (χ4n) is 1.84. The van der Waals surface area contributed by atoms with E-state index in [1.165, 1.54) is 6.42 Å². The van der Waals surface area contributed by atoms with E-state index >= 15 is 0 Å². The Balaban J connectivity index is 1.97. The highest BCUT2D eigenvalue weighted by Gasteiger charge is 2.21. The summed E-state index contributed by atoms with van der Waals surface area (Å²) in [6.45, 7) is 5.41. The topological polar surface area (TPSA) is 24.4 Å². The molecule has 1 aliphatic rings. The van der Waals surface area contributed by atoms with Crippen LogP contribution < -0.4 is 5.32 Å². The van der Waals surface area contributed by atoms with E-state index in [1.54, 1.807) is 0 Å². The number of amidine groups is 1. The molecule has 0 fully saturated rings. The zero-order valence-corrected chi connectivity index (χ0v) is 13.6. The number of benzene rings is 1. The van der Waals surface area contributed by atoms with Gasteiger partial charge in [-0.05, 0) is 46.5 Å². The molecule has 0 saturated carbocycles. The molecule has 1 aromatic carbocycles. The Hall–Kier alpha value is -0.190. The molecule has 1 N–H and O–H groups in total. The number of thioether (sulfide) groups is 1. The number of aliphatic imine (C=N–C) groups is 1. The number of nitrogens with one attached hydrogen (secondary N) is 1. The zero-order chi connectivity index (χ0) is 13.1. The van der Waals surface area contributed by atoms with Crippen molar-refractivity contribution in [2.75, 3.05) is 11.9 Å². The predicted molar refractivity (Wildman–Crippen MR) is 85.9 cm³/mol. The maximum Gasteiger partial charge on any atom is 0.161 e. The zero-order valence-electron chi connectivity index (χ0n) is 10.4. The van der Waals surface area contributed by atoms with Gasteiger partial charge in [0.05, 0.1) is 12.2 Å². The summed E-state index contributed by atoms with van der Waals surface area (Å²) >= 11 is 11.3. The second-order valence-corrected chi connectivity index (χ2v) is 7.34. The molecule has 0 aromatic heterocycles. The fraction of sp³-hybridized carbons (Fsp3) is 0.462. The van der Waals surface area contributed by atoms with Gasteiger partial charge < -0.3 is 5.32 Å². The van der Waals surface area contributed by atoms with Gasteiger partial charge >= 0.3 is 0 Å². The third-order valence-electron chi connectivity index (χ3n) is 2.62. The van der Waals surface area contributed by atoms with Crippen molar-refractivity contribution in [3.8, 4) is 0 Å². The number of rotatable bonds is 3. The number of hydrogen-bond acceptors (Lipinski definition) is 3. The fourth-order valence-corrected chi connectivity index (χ4v) is 3.62. The van der Waals surface area contributed by atoms with E-state index in [2.05, 4.69) is 40.1 Å². The average Bonchev–Trinajstić information content (AvgIpc) is 2.70. The molecule has 0 saturated heterocycles. The van der Waals surface area contributed by atoms with E-state index in [1.807, 2.05) is 30.0 Å². The van der Waals surface area contributed by atoms with Gasteiger partial charge in [-0.15, -0.1) is 0 Å². The Morgan fingerprint density at radius 2 is 2.33 bits per heavy atom. The van der Waals surface area contributed by atoms with E-state index in [0.29, 0.717) is 5.25 Å². The summed E-state index contributed by atoms with van der Waals surface area (Å²) in [5.74, 6) is 0.718. The van der Waals surface area contributed by atoms with Gasteiger partial charge in [-0.2, -0.15) is 0 Å². The third kappa shape index (κ3) is 3.90. The quantitative estimate of drug-likeness (QED) is 0.829. The first-order valence-corrected chi connectivity index (χ1v) is 8.03. The lowest BCUT2D eigenvalue weighted by Crippen LogP contribution is -2.10. The lowest BCUT2D eigenvalue weighted by atomic mass is 10.1. The SMILES string of the molecule is CC(C)CC1CN=C(Nc2cc(Cl)ccc2Br)S1. The van der Waals surface area contributed by atoms with Crippen LogP contribution in [0.25, 0.3) is 0 Å². The maximum atomic E-state index is 5.99. The summed E-state index contributed by atoms with van der Waals surface area (Å²) in [5.41, 5.74) is 0.971. The van der Waals surface area contributed by atoms with Gasteiger partial charge in [0.15, 0.2) is 5.17 Å². The minimum atomic E-state index is 0.602. The molecule has 1 unspecified atom stereocenters. The molecule has 0 amide bonds. The molecule has 0 bridgehead atoms. The normalized spacial score (nSPS) is 19.2. The molecule has 2 nitrogen and oxygen atoms in total. The van der Waals surface area contributed by atoms with Crippen molar-refractivity contribution in [3.05, 3.63) is 27.7 Å². The minimum absolute atomic E-state index is 0.602. The smallest absolute Gasteiger partial charge is 0.161 e. The van der Waals surface area contributed by atoms with Crippen molar-refractivity contribution in [2.45, 2.75) is 25.5 Å². The van der Waals surface area contributed by atoms with Crippen LogP contribution in [0, 0.1) is 5.92 Å². The van der Waals surface area contributed by atoms with Crippen LogP contribution in [0.5, 0.6) is 0 Å². The molecular formula is C13H16BrClN2S. The van der Waals surface area contributed by atoms with Crippen molar-refractivity contribution in [1.82, 2.24) is 0 Å². The highest BCUT2D eigenvalue weighted by molar-refractivity contribution is 9.10. The molecule has 98 valence electrons. The third-order valence-corrected chi connectivity index (χ3v) is 4.68. The first kappa shape index (κ1) is 14.2. The van der Waals surface area contributed by atoms with Gasteiger partial charge in [-0.25, -0.2) is 0 Å². The van der Waals surface area contributed by atoms with Gasteiger partial charge in [0.2, 0.25) is 0 Å². The Bertz CT molecular complexity index is 462. The second-order valence-electron chi connectivity index (χ2n) is 4.76. The van der Waals surface area contributed by atoms with E-state index in [4.69, 9.17) is 11.6 Å². The van der Waals surface area contributed by atoms with Crippen molar-refractivity contribution < 1.29 is 0 Å². The van der Waals surface area contributed by atoms with E-state index in [0.717, 1.165) is 32.8 Å². The first-order chi connectivity index (χ1) is 8.54. The van der Waals surface area contributed by atoms with Crippen molar-refractivity contribution in [2.24, 2.45) is 10.9 Å². The molecule has 1 heterocycles. The highest BCUT2D eigenvalue weighted by atomic mass is 79.9. The largest absolute Gasteiger partial charge is 0.334 e. The van der Waals surface area contributed by atoms with Gasteiger partial charge in [0.1, 0.15) is 0 Å². The first-order valence-electron chi connectivity index (χ1n) is 5.98. The Kier molecular flexibility index (Phi) is 4.98. The van der Waals surface area contributed by atoms with Crippen LogP contribution in [-0.4, -0.2) is 17.0 Å². The van der Waals surface area contributed by atoms with Crippen LogP contribution in [0.1, 0.15) is 20.3 Å². The molecule has 0 spiro atoms. The Morgan fingerprint density at radius 3 is 3.06 bits per heavy atom. The van der Waals surface area contributed by atoms with Crippen LogP contribution in [-0.2, 0) is 0 Å². The second kappa shape index (κ2) is 6.31. The van der Waals surface area contributed by atoms with Crippen LogP contribution in [0.3, 0.4) is 0 Å². The van der Waals surface area contributed by atoms with Crippen LogP contribution in [0.4, 0.5) is 5.69 Å². The number of anilines is 1. The lowest BCUT2D eigenvalue weighted by Gasteiger charge is -2.12. The molecule has 1 atom stereocenters. The Labute approximate surface area is 126 Å². The van der Waals surface area contributed by atoms with Crippen LogP contribution in [0.15, 0.2) is 27.7 Å². The van der Waals surface area contributed by atoms with Gasteiger partial charge in [0, 0.05) is 14.7 Å². The Morgan fingerprint density at radius 1 is 1.56 bits per heavy atom. The van der Waals surface area contributed by atoms with Crippen molar-refractivity contribution in [1.29, 1.82) is 0 Å².